The summed E-state index contributed by atoms with van der Waals surface area (Å²) >= 11 is 7.07. The molecule has 1 aliphatic carbocycles. The summed E-state index contributed by atoms with van der Waals surface area (Å²) in [7, 11) is 0. The lowest BCUT2D eigenvalue weighted by Gasteiger charge is -2.05. The van der Waals surface area contributed by atoms with Gasteiger partial charge in [-0.3, -0.25) is 4.79 Å². The monoisotopic (exact) mass is 473 g/mol. The third-order valence-electron chi connectivity index (χ3n) is 4.58. The van der Waals surface area contributed by atoms with Crippen LogP contribution in [0.1, 0.15) is 30.4 Å². The second kappa shape index (κ2) is 8.36. The zero-order chi connectivity index (χ0) is 18.7. The normalized spacial score (nSPS) is 19.6. The van der Waals surface area contributed by atoms with Gasteiger partial charge in [-0.1, -0.05) is 36.4 Å². The quantitative estimate of drug-likeness (QED) is 0.376. The second-order valence-electron chi connectivity index (χ2n) is 6.73. The Morgan fingerprint density at radius 3 is 2.65 bits per heavy atom. The highest BCUT2D eigenvalue weighted by atomic mass is 79.9. The number of benzene rings is 2. The van der Waals surface area contributed by atoms with E-state index in [0.717, 1.165) is 32.2 Å². The number of hydrogen-bond donors (Lipinski definition) is 1. The Kier molecular flexibility index (Phi) is 6.15. The summed E-state index contributed by atoms with van der Waals surface area (Å²) in [6.45, 7) is 3.95. The van der Waals surface area contributed by atoms with Gasteiger partial charge in [-0.15, -0.1) is 0 Å². The van der Waals surface area contributed by atoms with Gasteiger partial charge in [0.2, 0.25) is 5.91 Å². The van der Waals surface area contributed by atoms with Gasteiger partial charge in [-0.2, -0.15) is 0 Å². The molecule has 0 radical (unpaired) electrons. The summed E-state index contributed by atoms with van der Waals surface area (Å²) in [5, 5.41) is 2.93. The number of allylic oxidation sites excluding steroid dienone is 3. The highest BCUT2D eigenvalue weighted by Crippen LogP contribution is 2.49. The van der Waals surface area contributed by atoms with E-state index in [2.05, 4.69) is 67.5 Å². The van der Waals surface area contributed by atoms with Crippen molar-refractivity contribution in [3.05, 3.63) is 86.3 Å². The van der Waals surface area contributed by atoms with E-state index in [1.165, 1.54) is 5.56 Å². The van der Waals surface area contributed by atoms with Crippen molar-refractivity contribution in [1.82, 2.24) is 0 Å². The van der Waals surface area contributed by atoms with Gasteiger partial charge >= 0.3 is 0 Å². The molecule has 1 saturated carbocycles. The van der Waals surface area contributed by atoms with E-state index < -0.39 is 0 Å². The van der Waals surface area contributed by atoms with Crippen LogP contribution in [0.25, 0.3) is 0 Å². The Labute approximate surface area is 171 Å². The van der Waals surface area contributed by atoms with Gasteiger partial charge < -0.3 is 5.32 Å². The van der Waals surface area contributed by atoms with Crippen molar-refractivity contribution >= 4 is 43.5 Å². The lowest BCUT2D eigenvalue weighted by molar-refractivity contribution is -0.111. The molecule has 2 unspecified atom stereocenters. The van der Waals surface area contributed by atoms with E-state index in [4.69, 9.17) is 0 Å². The van der Waals surface area contributed by atoms with E-state index in [0.29, 0.717) is 11.8 Å². The number of nitrogens with one attached hydrogen (secondary N) is 1. The van der Waals surface area contributed by atoms with Crippen molar-refractivity contribution < 1.29 is 4.79 Å². The van der Waals surface area contributed by atoms with Crippen LogP contribution in [-0.2, 0) is 4.79 Å². The van der Waals surface area contributed by atoms with Gasteiger partial charge in [0.05, 0.1) is 0 Å². The summed E-state index contributed by atoms with van der Waals surface area (Å²) in [4.78, 5) is 12.2. The molecule has 1 fully saturated rings. The molecule has 0 aliphatic heterocycles. The van der Waals surface area contributed by atoms with E-state index in [-0.39, 0.29) is 5.91 Å². The van der Waals surface area contributed by atoms with Crippen LogP contribution < -0.4 is 5.32 Å². The number of para-hydroxylation sites is 1. The summed E-state index contributed by atoms with van der Waals surface area (Å²) in [6, 6.07) is 14.2. The van der Waals surface area contributed by atoms with Gasteiger partial charge in [0.15, 0.2) is 0 Å². The molecule has 2 atom stereocenters. The van der Waals surface area contributed by atoms with Crippen LogP contribution in [0, 0.1) is 12.8 Å². The summed E-state index contributed by atoms with van der Waals surface area (Å²) < 4.78 is 2.17. The molecular weight excluding hydrogens is 454 g/mol. The maximum absolute atomic E-state index is 12.2. The Balaban J connectivity index is 1.57. The highest BCUT2D eigenvalue weighted by molar-refractivity contribution is 9.13. The molecule has 0 saturated heterocycles. The standard InChI is InChI=1S/C22H21Br2NO/c1-14(11-22(26)25-21-6-4-3-5-15(21)2)7-8-16-12-18(16)17-9-10-19(23)20(24)13-17/h3-11,13,16,18H,12H2,1-2H3,(H,25,26). The molecule has 1 N–H and O–H groups in total. The zero-order valence-electron chi connectivity index (χ0n) is 14.8. The molecule has 4 heteroatoms. The molecule has 1 aliphatic rings. The molecule has 2 aromatic carbocycles. The first-order valence-corrected chi connectivity index (χ1v) is 10.2. The predicted octanol–water partition coefficient (Wildman–Crippen LogP) is 6.76. The van der Waals surface area contributed by atoms with Gasteiger partial charge in [0, 0.05) is 20.7 Å². The molecule has 1 amide bonds. The second-order valence-corrected chi connectivity index (χ2v) is 8.44. The van der Waals surface area contributed by atoms with Crippen molar-refractivity contribution in [3.8, 4) is 0 Å². The van der Waals surface area contributed by atoms with Crippen LogP contribution in [0.15, 0.2) is 75.2 Å². The van der Waals surface area contributed by atoms with E-state index in [9.17, 15) is 4.79 Å². The topological polar surface area (TPSA) is 29.1 Å². The molecule has 134 valence electrons. The van der Waals surface area contributed by atoms with Crippen LogP contribution in [0.5, 0.6) is 0 Å². The predicted molar refractivity (Wildman–Crippen MR) is 115 cm³/mol. The van der Waals surface area contributed by atoms with Gasteiger partial charge in [0.25, 0.3) is 0 Å². The number of aryl methyl sites for hydroxylation is 1. The first-order valence-electron chi connectivity index (χ1n) is 8.62. The van der Waals surface area contributed by atoms with Gasteiger partial charge in [-0.05, 0) is 98.9 Å². The minimum absolute atomic E-state index is 0.0920. The van der Waals surface area contributed by atoms with Gasteiger partial charge in [0.1, 0.15) is 0 Å². The molecule has 0 aromatic heterocycles. The smallest absolute Gasteiger partial charge is 0.248 e. The third kappa shape index (κ3) is 4.95. The number of anilines is 1. The lowest BCUT2D eigenvalue weighted by Crippen LogP contribution is -2.09. The minimum Gasteiger partial charge on any atom is -0.322 e. The molecule has 3 rings (SSSR count). The largest absolute Gasteiger partial charge is 0.322 e. The number of hydrogen-bond acceptors (Lipinski definition) is 1. The zero-order valence-corrected chi connectivity index (χ0v) is 18.0. The maximum Gasteiger partial charge on any atom is 0.248 e. The minimum atomic E-state index is -0.0920. The summed E-state index contributed by atoms with van der Waals surface area (Å²) in [5.74, 6) is 1.03. The number of halogens is 2. The highest BCUT2D eigenvalue weighted by Gasteiger charge is 2.36. The van der Waals surface area contributed by atoms with E-state index in [1.54, 1.807) is 6.08 Å². The molecular formula is C22H21Br2NO. The van der Waals surface area contributed by atoms with Crippen LogP contribution in [0.2, 0.25) is 0 Å². The van der Waals surface area contributed by atoms with Crippen molar-refractivity contribution in [3.63, 3.8) is 0 Å². The van der Waals surface area contributed by atoms with Crippen molar-refractivity contribution in [1.29, 1.82) is 0 Å². The first kappa shape index (κ1) is 19.1. The Bertz CT molecular complexity index is 885. The third-order valence-corrected chi connectivity index (χ3v) is 6.46. The Morgan fingerprint density at radius 1 is 1.15 bits per heavy atom. The van der Waals surface area contributed by atoms with E-state index in [1.807, 2.05) is 38.1 Å². The summed E-state index contributed by atoms with van der Waals surface area (Å²) in [6.07, 6.45) is 7.08. The van der Waals surface area contributed by atoms with Crippen molar-refractivity contribution in [2.45, 2.75) is 26.2 Å². The molecule has 0 bridgehead atoms. The van der Waals surface area contributed by atoms with Crippen LogP contribution in [0.3, 0.4) is 0 Å². The Morgan fingerprint density at radius 2 is 1.92 bits per heavy atom. The average molecular weight is 475 g/mol. The number of amides is 1. The first-order chi connectivity index (χ1) is 12.4. The lowest BCUT2D eigenvalue weighted by atomic mass is 10.1. The molecule has 2 nitrogen and oxygen atoms in total. The van der Waals surface area contributed by atoms with E-state index >= 15 is 0 Å². The summed E-state index contributed by atoms with van der Waals surface area (Å²) in [5.41, 5.74) is 4.23. The molecule has 2 aromatic rings. The van der Waals surface area contributed by atoms with Crippen LogP contribution >= 0.6 is 31.9 Å². The van der Waals surface area contributed by atoms with Crippen molar-refractivity contribution in [2.75, 3.05) is 5.32 Å². The number of rotatable bonds is 5. The molecule has 26 heavy (non-hydrogen) atoms. The Hall–Kier alpha value is -1.65. The molecule has 0 heterocycles. The SMILES string of the molecule is CC(C=CC1CC1c1ccc(Br)c(Br)c1)=CC(=O)Nc1ccccc1C. The number of carbonyl (C=O) groups is 1. The molecule has 0 spiro atoms. The van der Waals surface area contributed by atoms with Crippen molar-refractivity contribution in [2.24, 2.45) is 5.92 Å². The van der Waals surface area contributed by atoms with Crippen LogP contribution in [0.4, 0.5) is 5.69 Å². The van der Waals surface area contributed by atoms with Crippen LogP contribution in [-0.4, -0.2) is 5.91 Å². The number of carbonyl (C=O) groups excluding carboxylic acids is 1. The average Bonchev–Trinajstić information content (AvgIpc) is 3.37. The fourth-order valence-electron chi connectivity index (χ4n) is 2.97. The fourth-order valence-corrected chi connectivity index (χ4v) is 3.61. The van der Waals surface area contributed by atoms with Gasteiger partial charge in [-0.25, -0.2) is 0 Å². The fraction of sp³-hybridized carbons (Fsp3) is 0.227. The maximum atomic E-state index is 12.2.